The highest BCUT2D eigenvalue weighted by Crippen LogP contribution is 2.21. The monoisotopic (exact) mass is 363 g/mol. The minimum absolute atomic E-state index is 0.0939. The fourth-order valence-electron chi connectivity index (χ4n) is 3.57. The number of amides is 1. The van der Waals surface area contributed by atoms with Crippen molar-refractivity contribution in [2.75, 3.05) is 31.9 Å². The molecule has 1 amide bonds. The van der Waals surface area contributed by atoms with E-state index in [1.807, 2.05) is 19.1 Å². The van der Waals surface area contributed by atoms with E-state index in [4.69, 9.17) is 5.73 Å². The zero-order chi connectivity index (χ0) is 18.4. The Kier molecular flexibility index (Phi) is 7.79. The van der Waals surface area contributed by atoms with Crippen LogP contribution in [0.5, 0.6) is 0 Å². The van der Waals surface area contributed by atoms with Crippen molar-refractivity contribution in [3.63, 3.8) is 0 Å². The predicted molar refractivity (Wildman–Crippen MR) is 109 cm³/mol. The van der Waals surface area contributed by atoms with Gasteiger partial charge in [0, 0.05) is 49.6 Å². The van der Waals surface area contributed by atoms with Gasteiger partial charge in [-0.1, -0.05) is 31.9 Å². The van der Waals surface area contributed by atoms with Crippen molar-refractivity contribution in [1.29, 1.82) is 0 Å². The van der Waals surface area contributed by atoms with Gasteiger partial charge in [-0.25, -0.2) is 0 Å². The lowest BCUT2D eigenvalue weighted by atomic mass is 9.99. The fraction of sp³-hybridized carbons (Fsp3) is 0.650. The fourth-order valence-corrected chi connectivity index (χ4v) is 3.68. The SMILES string of the molecule is CCCCC1CN(C[C@@H](N)CS)CCN1C(=O)c1cccc(C)c1C. The summed E-state index contributed by atoms with van der Waals surface area (Å²) in [5.41, 5.74) is 9.20. The Labute approximate surface area is 158 Å². The molecule has 1 fully saturated rings. The second-order valence-corrected chi connectivity index (χ2v) is 7.61. The van der Waals surface area contributed by atoms with Crippen LogP contribution in [0.15, 0.2) is 18.2 Å². The summed E-state index contributed by atoms with van der Waals surface area (Å²) in [6, 6.07) is 6.38. The van der Waals surface area contributed by atoms with E-state index in [2.05, 4.69) is 42.3 Å². The van der Waals surface area contributed by atoms with Crippen molar-refractivity contribution in [2.45, 2.75) is 52.1 Å². The van der Waals surface area contributed by atoms with Gasteiger partial charge in [0.05, 0.1) is 0 Å². The average Bonchev–Trinajstić information content (AvgIpc) is 2.61. The van der Waals surface area contributed by atoms with Crippen molar-refractivity contribution < 1.29 is 4.79 Å². The molecule has 2 rings (SSSR count). The molecule has 0 aromatic heterocycles. The van der Waals surface area contributed by atoms with Crippen molar-refractivity contribution in [1.82, 2.24) is 9.80 Å². The zero-order valence-corrected chi connectivity index (χ0v) is 16.8. The molecule has 2 N–H and O–H groups in total. The first-order valence-electron chi connectivity index (χ1n) is 9.43. The van der Waals surface area contributed by atoms with Crippen LogP contribution in [0.4, 0.5) is 0 Å². The Hall–Kier alpha value is -1.04. The van der Waals surface area contributed by atoms with Crippen molar-refractivity contribution in [3.8, 4) is 0 Å². The summed E-state index contributed by atoms with van der Waals surface area (Å²) in [4.78, 5) is 17.7. The summed E-state index contributed by atoms with van der Waals surface area (Å²) in [5, 5.41) is 0. The number of hydrogen-bond acceptors (Lipinski definition) is 4. The van der Waals surface area contributed by atoms with Crippen molar-refractivity contribution in [2.24, 2.45) is 5.73 Å². The number of hydrogen-bond donors (Lipinski definition) is 2. The van der Waals surface area contributed by atoms with E-state index in [-0.39, 0.29) is 18.0 Å². The molecular formula is C20H33N3OS. The third-order valence-corrected chi connectivity index (χ3v) is 5.75. The summed E-state index contributed by atoms with van der Waals surface area (Å²) in [5.74, 6) is 0.877. The lowest BCUT2D eigenvalue weighted by molar-refractivity contribution is 0.0423. The standard InChI is InChI=1S/C20H33N3OS/c1-4-5-8-18-13-22(12-17(21)14-25)10-11-23(18)20(24)19-9-6-7-15(2)16(19)3/h6-7,9,17-18,25H,4-5,8,10-14,21H2,1-3H3/t17-,18?/m1/s1. The number of piperazine rings is 1. The lowest BCUT2D eigenvalue weighted by Crippen LogP contribution is -2.57. The third-order valence-electron chi connectivity index (χ3n) is 5.28. The highest BCUT2D eigenvalue weighted by molar-refractivity contribution is 7.80. The van der Waals surface area contributed by atoms with E-state index in [0.29, 0.717) is 5.75 Å². The maximum atomic E-state index is 13.2. The Morgan fingerprint density at radius 3 is 2.80 bits per heavy atom. The summed E-state index contributed by atoms with van der Waals surface area (Å²) in [6.45, 7) is 9.76. The molecule has 0 bridgehead atoms. The van der Waals surface area contributed by atoms with Crippen LogP contribution in [0, 0.1) is 13.8 Å². The van der Waals surface area contributed by atoms with E-state index in [0.717, 1.165) is 56.6 Å². The van der Waals surface area contributed by atoms with Crippen LogP contribution in [0.2, 0.25) is 0 Å². The van der Waals surface area contributed by atoms with E-state index in [9.17, 15) is 4.79 Å². The van der Waals surface area contributed by atoms with E-state index < -0.39 is 0 Å². The molecule has 1 aliphatic rings. The minimum Gasteiger partial charge on any atom is -0.333 e. The Morgan fingerprint density at radius 2 is 2.12 bits per heavy atom. The number of carbonyl (C=O) groups excluding carboxylic acids is 1. The van der Waals surface area contributed by atoms with Crippen LogP contribution in [-0.2, 0) is 0 Å². The van der Waals surface area contributed by atoms with Gasteiger partial charge in [0.25, 0.3) is 5.91 Å². The molecular weight excluding hydrogens is 330 g/mol. The number of nitrogens with two attached hydrogens (primary N) is 1. The summed E-state index contributed by atoms with van der Waals surface area (Å²) < 4.78 is 0. The van der Waals surface area contributed by atoms with Gasteiger partial charge >= 0.3 is 0 Å². The Morgan fingerprint density at radius 1 is 1.36 bits per heavy atom. The molecule has 1 heterocycles. The van der Waals surface area contributed by atoms with E-state index in [1.165, 1.54) is 5.56 Å². The average molecular weight is 364 g/mol. The van der Waals surface area contributed by atoms with E-state index >= 15 is 0 Å². The number of rotatable bonds is 7. The van der Waals surface area contributed by atoms with Crippen molar-refractivity contribution >= 4 is 18.5 Å². The van der Waals surface area contributed by atoms with Gasteiger partial charge in [0.15, 0.2) is 0 Å². The molecule has 0 spiro atoms. The highest BCUT2D eigenvalue weighted by Gasteiger charge is 2.31. The normalized spacial score (nSPS) is 19.9. The van der Waals surface area contributed by atoms with Gasteiger partial charge in [-0.2, -0.15) is 12.6 Å². The molecule has 1 aromatic carbocycles. The smallest absolute Gasteiger partial charge is 0.254 e. The van der Waals surface area contributed by atoms with Crippen LogP contribution >= 0.6 is 12.6 Å². The predicted octanol–water partition coefficient (Wildman–Crippen LogP) is 2.88. The molecule has 4 nitrogen and oxygen atoms in total. The first-order valence-corrected chi connectivity index (χ1v) is 10.1. The van der Waals surface area contributed by atoms with Crippen LogP contribution in [-0.4, -0.2) is 59.7 Å². The molecule has 1 aliphatic heterocycles. The molecule has 1 unspecified atom stereocenters. The van der Waals surface area contributed by atoms with E-state index in [1.54, 1.807) is 0 Å². The van der Waals surface area contributed by atoms with Crippen LogP contribution < -0.4 is 5.73 Å². The van der Waals surface area contributed by atoms with Gasteiger partial charge in [0.2, 0.25) is 0 Å². The van der Waals surface area contributed by atoms with Gasteiger partial charge < -0.3 is 10.6 Å². The molecule has 2 atom stereocenters. The molecule has 1 aromatic rings. The number of nitrogens with zero attached hydrogens (tertiary/aromatic N) is 2. The summed E-state index contributed by atoms with van der Waals surface area (Å²) in [7, 11) is 0. The van der Waals surface area contributed by atoms with Gasteiger partial charge in [-0.05, 0) is 37.5 Å². The lowest BCUT2D eigenvalue weighted by Gasteiger charge is -2.42. The van der Waals surface area contributed by atoms with Crippen LogP contribution in [0.25, 0.3) is 0 Å². The number of benzene rings is 1. The Bertz CT molecular complexity index is 578. The quantitative estimate of drug-likeness (QED) is 0.733. The number of aryl methyl sites for hydroxylation is 1. The molecule has 0 aliphatic carbocycles. The first-order chi connectivity index (χ1) is 12.0. The zero-order valence-electron chi connectivity index (χ0n) is 15.9. The maximum Gasteiger partial charge on any atom is 0.254 e. The molecule has 1 saturated heterocycles. The van der Waals surface area contributed by atoms with Gasteiger partial charge in [-0.3, -0.25) is 9.69 Å². The second-order valence-electron chi connectivity index (χ2n) is 7.24. The Balaban J connectivity index is 2.14. The van der Waals surface area contributed by atoms with Gasteiger partial charge in [-0.15, -0.1) is 0 Å². The summed E-state index contributed by atoms with van der Waals surface area (Å²) >= 11 is 4.30. The topological polar surface area (TPSA) is 49.6 Å². The summed E-state index contributed by atoms with van der Waals surface area (Å²) in [6.07, 6.45) is 3.35. The van der Waals surface area contributed by atoms with Crippen LogP contribution in [0.1, 0.15) is 47.7 Å². The number of unbranched alkanes of at least 4 members (excludes halogenated alkanes) is 1. The molecule has 0 saturated carbocycles. The second kappa shape index (κ2) is 9.60. The molecule has 0 radical (unpaired) electrons. The molecule has 25 heavy (non-hydrogen) atoms. The number of carbonyl (C=O) groups is 1. The van der Waals surface area contributed by atoms with Crippen LogP contribution in [0.3, 0.4) is 0 Å². The largest absolute Gasteiger partial charge is 0.333 e. The van der Waals surface area contributed by atoms with Gasteiger partial charge in [0.1, 0.15) is 0 Å². The first kappa shape index (κ1) is 20.3. The minimum atomic E-state index is 0.0939. The highest BCUT2D eigenvalue weighted by atomic mass is 32.1. The third kappa shape index (κ3) is 5.22. The molecule has 140 valence electrons. The van der Waals surface area contributed by atoms with Crippen molar-refractivity contribution in [3.05, 3.63) is 34.9 Å². The molecule has 5 heteroatoms. The maximum absolute atomic E-state index is 13.2. The number of thiol groups is 1.